The van der Waals surface area contributed by atoms with Crippen molar-refractivity contribution in [3.05, 3.63) is 105 Å². The summed E-state index contributed by atoms with van der Waals surface area (Å²) in [7, 11) is 1.76. The lowest BCUT2D eigenvalue weighted by molar-refractivity contribution is 0.0698. The molecule has 4 N–H and O–H groups in total. The topological polar surface area (TPSA) is 115 Å². The number of rotatable bonds is 6. The van der Waals surface area contributed by atoms with Crippen molar-refractivity contribution in [2.24, 2.45) is 0 Å². The quantitative estimate of drug-likeness (QED) is 0.386. The zero-order chi connectivity index (χ0) is 25.3. The van der Waals surface area contributed by atoms with Crippen LogP contribution in [0.4, 0.5) is 5.69 Å². The molecule has 7 heteroatoms. The summed E-state index contributed by atoms with van der Waals surface area (Å²) in [5.74, 6) is -0.581. The molecule has 1 aliphatic rings. The summed E-state index contributed by atoms with van der Waals surface area (Å²) in [6, 6.07) is 10.1. The summed E-state index contributed by atoms with van der Waals surface area (Å²) < 4.78 is 6.40. The summed E-state index contributed by atoms with van der Waals surface area (Å²) in [4.78, 5) is 25.1. The Morgan fingerprint density at radius 1 is 1.17 bits per heavy atom. The maximum atomic E-state index is 13.4. The van der Waals surface area contributed by atoms with E-state index in [-0.39, 0.29) is 17.0 Å². The SMILES string of the molecule is CN/C=C1/C=C(c2oc3c([C@@H](C)Nc4ccccc4C(=O)O)cc(C)cc3c(=O)c2C)C=CC1=N. The first kappa shape index (κ1) is 23.8. The molecule has 0 saturated heterocycles. The van der Waals surface area contributed by atoms with Crippen molar-refractivity contribution >= 4 is 33.9 Å². The molecule has 2 aromatic carbocycles. The van der Waals surface area contributed by atoms with E-state index in [0.717, 1.165) is 11.1 Å². The smallest absolute Gasteiger partial charge is 0.337 e. The molecule has 35 heavy (non-hydrogen) atoms. The van der Waals surface area contributed by atoms with Crippen molar-refractivity contribution in [2.75, 3.05) is 12.4 Å². The van der Waals surface area contributed by atoms with Crippen molar-refractivity contribution < 1.29 is 14.3 Å². The Kier molecular flexibility index (Phi) is 6.42. The Labute approximate surface area is 203 Å². The molecule has 1 aliphatic carbocycles. The van der Waals surface area contributed by atoms with E-state index < -0.39 is 5.97 Å². The summed E-state index contributed by atoms with van der Waals surface area (Å²) in [6.45, 7) is 5.56. The largest absolute Gasteiger partial charge is 0.478 e. The van der Waals surface area contributed by atoms with Crippen LogP contribution in [0.2, 0.25) is 0 Å². The molecule has 0 spiro atoms. The zero-order valence-electron chi connectivity index (χ0n) is 20.0. The minimum absolute atomic E-state index is 0.126. The molecular weight excluding hydrogens is 442 g/mol. The van der Waals surface area contributed by atoms with E-state index in [1.165, 1.54) is 0 Å². The highest BCUT2D eigenvalue weighted by Gasteiger charge is 2.21. The zero-order valence-corrected chi connectivity index (χ0v) is 20.0. The number of hydrogen-bond donors (Lipinski definition) is 4. The fraction of sp³-hybridized carbons (Fsp3) is 0.179. The number of aryl methyl sites for hydroxylation is 1. The van der Waals surface area contributed by atoms with E-state index >= 15 is 0 Å². The molecular formula is C28H27N3O4. The van der Waals surface area contributed by atoms with Crippen molar-refractivity contribution in [2.45, 2.75) is 26.8 Å². The number of hydrogen-bond acceptors (Lipinski definition) is 6. The van der Waals surface area contributed by atoms with E-state index in [4.69, 9.17) is 9.83 Å². The lowest BCUT2D eigenvalue weighted by atomic mass is 9.95. The van der Waals surface area contributed by atoms with Crippen LogP contribution in [0, 0.1) is 19.3 Å². The number of fused-ring (bicyclic) bond motifs is 1. The van der Waals surface area contributed by atoms with Gasteiger partial charge in [0.2, 0.25) is 0 Å². The van der Waals surface area contributed by atoms with Gasteiger partial charge in [0.05, 0.1) is 22.7 Å². The number of carbonyl (C=O) groups is 1. The highest BCUT2D eigenvalue weighted by molar-refractivity contribution is 6.13. The first-order chi connectivity index (χ1) is 16.7. The first-order valence-corrected chi connectivity index (χ1v) is 11.2. The average Bonchev–Trinajstić information content (AvgIpc) is 2.83. The normalized spacial score (nSPS) is 15.3. The second-order valence-corrected chi connectivity index (χ2v) is 8.57. The van der Waals surface area contributed by atoms with Gasteiger partial charge in [0, 0.05) is 41.2 Å². The summed E-state index contributed by atoms with van der Waals surface area (Å²) in [5, 5.41) is 24.4. The molecule has 178 valence electrons. The maximum absolute atomic E-state index is 13.4. The highest BCUT2D eigenvalue weighted by atomic mass is 16.4. The van der Waals surface area contributed by atoms with E-state index in [0.29, 0.717) is 44.8 Å². The fourth-order valence-corrected chi connectivity index (χ4v) is 4.25. The van der Waals surface area contributed by atoms with Gasteiger partial charge in [0.1, 0.15) is 11.3 Å². The number of benzene rings is 2. The minimum atomic E-state index is -1.02. The second-order valence-electron chi connectivity index (χ2n) is 8.57. The Bertz CT molecular complexity index is 1510. The minimum Gasteiger partial charge on any atom is -0.478 e. The Balaban J connectivity index is 1.88. The Morgan fingerprint density at radius 2 is 1.91 bits per heavy atom. The summed E-state index contributed by atoms with van der Waals surface area (Å²) in [6.07, 6.45) is 6.98. The summed E-state index contributed by atoms with van der Waals surface area (Å²) in [5.41, 5.74) is 4.83. The Morgan fingerprint density at radius 3 is 2.63 bits per heavy atom. The van der Waals surface area contributed by atoms with E-state index in [1.54, 1.807) is 56.6 Å². The number of allylic oxidation sites excluding steroid dienone is 5. The average molecular weight is 470 g/mol. The van der Waals surface area contributed by atoms with E-state index in [2.05, 4.69) is 10.6 Å². The van der Waals surface area contributed by atoms with Crippen molar-refractivity contribution in [3.8, 4) is 0 Å². The van der Waals surface area contributed by atoms with Crippen LogP contribution in [-0.4, -0.2) is 23.8 Å². The molecule has 0 radical (unpaired) electrons. The molecule has 1 heterocycles. The van der Waals surface area contributed by atoms with Gasteiger partial charge < -0.3 is 25.6 Å². The third-order valence-corrected chi connectivity index (χ3v) is 6.00. The van der Waals surface area contributed by atoms with Crippen LogP contribution in [0.25, 0.3) is 16.5 Å². The number of anilines is 1. The van der Waals surface area contributed by atoms with Crippen molar-refractivity contribution in [1.82, 2.24) is 5.32 Å². The molecule has 1 aromatic heterocycles. The van der Waals surface area contributed by atoms with Gasteiger partial charge in [0.25, 0.3) is 0 Å². The molecule has 0 aliphatic heterocycles. The van der Waals surface area contributed by atoms with E-state index in [9.17, 15) is 14.7 Å². The van der Waals surface area contributed by atoms with Crippen molar-refractivity contribution in [1.29, 1.82) is 5.41 Å². The van der Waals surface area contributed by atoms with E-state index in [1.807, 2.05) is 32.1 Å². The third-order valence-electron chi connectivity index (χ3n) is 6.00. The number of aromatic carboxylic acids is 1. The molecule has 4 rings (SSSR count). The van der Waals surface area contributed by atoms with Crippen LogP contribution in [0.5, 0.6) is 0 Å². The van der Waals surface area contributed by atoms with Crippen LogP contribution in [0.15, 0.2) is 75.6 Å². The molecule has 0 fully saturated rings. The number of carboxylic acid groups (broad SMARTS) is 1. The van der Waals surface area contributed by atoms with Gasteiger partial charge in [-0.1, -0.05) is 18.2 Å². The predicted octanol–water partition coefficient (Wildman–Crippen LogP) is 5.36. The highest BCUT2D eigenvalue weighted by Crippen LogP contribution is 2.32. The van der Waals surface area contributed by atoms with Gasteiger partial charge in [-0.05, 0) is 62.8 Å². The maximum Gasteiger partial charge on any atom is 0.337 e. The van der Waals surface area contributed by atoms with Crippen molar-refractivity contribution in [3.63, 3.8) is 0 Å². The van der Waals surface area contributed by atoms with Crippen LogP contribution in [0.1, 0.15) is 45.8 Å². The molecule has 0 amide bonds. The summed E-state index contributed by atoms with van der Waals surface area (Å²) >= 11 is 0. The lowest BCUT2D eigenvalue weighted by Gasteiger charge is -2.20. The van der Waals surface area contributed by atoms with Gasteiger partial charge in [-0.25, -0.2) is 4.79 Å². The molecule has 0 unspecified atom stereocenters. The standard InChI is InChI=1S/C28H27N3O4/c1-15-11-21(17(3)31-24-8-6-5-7-20(24)28(33)34)27-22(12-15)25(32)16(2)26(35-27)18-9-10-23(29)19(13-18)14-30-4/h5-14,17,29-31H,1-4H3,(H,33,34)/b19-14-,29-23?/t17-/m1/s1. The van der Waals surface area contributed by atoms with Gasteiger partial charge >= 0.3 is 5.97 Å². The molecule has 3 aromatic rings. The lowest BCUT2D eigenvalue weighted by Crippen LogP contribution is -2.15. The predicted molar refractivity (Wildman–Crippen MR) is 139 cm³/mol. The van der Waals surface area contributed by atoms with Crippen LogP contribution in [-0.2, 0) is 0 Å². The van der Waals surface area contributed by atoms with Gasteiger partial charge in [0.15, 0.2) is 5.43 Å². The fourth-order valence-electron chi connectivity index (χ4n) is 4.25. The first-order valence-electron chi connectivity index (χ1n) is 11.2. The number of para-hydroxylation sites is 1. The van der Waals surface area contributed by atoms with Gasteiger partial charge in [-0.2, -0.15) is 0 Å². The monoisotopic (exact) mass is 469 g/mol. The third kappa shape index (κ3) is 4.53. The Hall–Kier alpha value is -4.39. The van der Waals surface area contributed by atoms with Gasteiger partial charge in [-0.3, -0.25) is 4.79 Å². The number of carboxylic acids is 1. The number of nitrogens with one attached hydrogen (secondary N) is 3. The molecule has 7 nitrogen and oxygen atoms in total. The van der Waals surface area contributed by atoms with Crippen LogP contribution in [0.3, 0.4) is 0 Å². The molecule has 0 bridgehead atoms. The molecule has 1 atom stereocenters. The second kappa shape index (κ2) is 9.46. The molecule has 0 saturated carbocycles. The van der Waals surface area contributed by atoms with Crippen LogP contribution >= 0.6 is 0 Å². The van der Waals surface area contributed by atoms with Crippen LogP contribution < -0.4 is 16.1 Å². The van der Waals surface area contributed by atoms with Gasteiger partial charge in [-0.15, -0.1) is 0 Å².